The number of phosphoric ester groups is 1. The number of unbranched alkanes of at least 4 members (excludes halogenated alkanes) is 21. The predicted molar refractivity (Wildman–Crippen MR) is 247 cm³/mol. The minimum Gasteiger partial charge on any atom is -0.756 e. The van der Waals surface area contributed by atoms with Crippen molar-refractivity contribution >= 4 is 13.7 Å². The maximum Gasteiger partial charge on any atom is 0.268 e. The molecule has 58 heavy (non-hydrogen) atoms. The fourth-order valence-electron chi connectivity index (χ4n) is 6.50. The van der Waals surface area contributed by atoms with Gasteiger partial charge in [-0.15, -0.1) is 0 Å². The van der Waals surface area contributed by atoms with Crippen LogP contribution in [0, 0.1) is 0 Å². The molecule has 338 valence electrons. The molecule has 0 aliphatic rings. The molecule has 0 aliphatic heterocycles. The molecule has 9 heteroatoms. The normalized spacial score (nSPS) is 14.8. The summed E-state index contributed by atoms with van der Waals surface area (Å²) in [5.41, 5.74) is 0. The first-order chi connectivity index (χ1) is 28.0. The first-order valence-electron chi connectivity index (χ1n) is 23.7. The van der Waals surface area contributed by atoms with E-state index in [0.29, 0.717) is 17.4 Å². The molecule has 0 aromatic rings. The molecule has 3 atom stereocenters. The Morgan fingerprint density at radius 3 is 1.53 bits per heavy atom. The van der Waals surface area contributed by atoms with Gasteiger partial charge in [0.25, 0.3) is 7.82 Å². The Bertz CT molecular complexity index is 1130. The van der Waals surface area contributed by atoms with E-state index in [0.717, 1.165) is 57.8 Å². The summed E-state index contributed by atoms with van der Waals surface area (Å²) in [7, 11) is 1.23. The third-order valence-corrected chi connectivity index (χ3v) is 11.2. The predicted octanol–water partition coefficient (Wildman–Crippen LogP) is 12.8. The van der Waals surface area contributed by atoms with Gasteiger partial charge in [-0.2, -0.15) is 0 Å². The van der Waals surface area contributed by atoms with Gasteiger partial charge in [0.2, 0.25) is 5.91 Å². The van der Waals surface area contributed by atoms with Gasteiger partial charge < -0.3 is 28.8 Å². The zero-order valence-corrected chi connectivity index (χ0v) is 39.1. The van der Waals surface area contributed by atoms with Gasteiger partial charge in [0.1, 0.15) is 13.2 Å². The minimum absolute atomic E-state index is 0.0114. The van der Waals surface area contributed by atoms with Gasteiger partial charge in [0.05, 0.1) is 39.9 Å². The van der Waals surface area contributed by atoms with Crippen LogP contribution in [-0.4, -0.2) is 68.5 Å². The van der Waals surface area contributed by atoms with Crippen LogP contribution in [0.1, 0.15) is 194 Å². The number of aliphatic hydroxyl groups excluding tert-OH is 1. The number of aliphatic hydroxyl groups is 1. The number of hydrogen-bond donors (Lipinski definition) is 2. The first-order valence-corrected chi connectivity index (χ1v) is 25.1. The maximum absolute atomic E-state index is 12.8. The molecule has 0 rings (SSSR count). The van der Waals surface area contributed by atoms with E-state index in [4.69, 9.17) is 9.05 Å². The fourth-order valence-corrected chi connectivity index (χ4v) is 7.22. The van der Waals surface area contributed by atoms with Crippen molar-refractivity contribution in [2.24, 2.45) is 0 Å². The summed E-state index contributed by atoms with van der Waals surface area (Å²) in [6.45, 7) is 4.50. The number of nitrogens with one attached hydrogen (secondary N) is 1. The number of allylic oxidation sites excluding steroid dienone is 9. The van der Waals surface area contributed by atoms with Gasteiger partial charge in [-0.3, -0.25) is 9.36 Å². The van der Waals surface area contributed by atoms with Crippen LogP contribution in [0.5, 0.6) is 0 Å². The lowest BCUT2D eigenvalue weighted by Gasteiger charge is -2.29. The van der Waals surface area contributed by atoms with Crippen molar-refractivity contribution < 1.29 is 32.9 Å². The van der Waals surface area contributed by atoms with Gasteiger partial charge in [-0.1, -0.05) is 190 Å². The highest BCUT2D eigenvalue weighted by molar-refractivity contribution is 7.45. The lowest BCUT2D eigenvalue weighted by atomic mass is 10.0. The van der Waals surface area contributed by atoms with Crippen LogP contribution >= 0.6 is 7.82 Å². The van der Waals surface area contributed by atoms with E-state index in [-0.39, 0.29) is 18.9 Å². The Kier molecular flexibility index (Phi) is 39.3. The second-order valence-corrected chi connectivity index (χ2v) is 18.5. The molecular weight excluding hydrogens is 744 g/mol. The van der Waals surface area contributed by atoms with Crippen molar-refractivity contribution in [3.63, 3.8) is 0 Å². The standard InChI is InChI=1S/C49H91N2O6P/c1-6-8-10-12-14-16-18-20-22-23-24-25-26-27-29-30-32-34-36-38-40-42-48(52)47(46-57-58(54,55)56-45-44-51(3,4)5)50-49(53)43-41-39-37-35-33-31-28-21-19-17-15-13-11-9-7-2/h9,11,15,17,21,28,33,35,40,42,47-48,52H,6-8,10,12-14,16,18-20,22-27,29-32,34,36-39,41,43-46H2,1-5H3,(H-,50,53,54,55)/b11-9-,17-15-,28-21-,35-33-,42-40+. The molecule has 0 bridgehead atoms. The molecule has 0 radical (unpaired) electrons. The molecule has 3 unspecified atom stereocenters. The highest BCUT2D eigenvalue weighted by atomic mass is 31.2. The van der Waals surface area contributed by atoms with Gasteiger partial charge in [0, 0.05) is 6.42 Å². The van der Waals surface area contributed by atoms with Crippen LogP contribution in [-0.2, 0) is 18.4 Å². The average Bonchev–Trinajstić information content (AvgIpc) is 3.17. The summed E-state index contributed by atoms with van der Waals surface area (Å²) in [6.07, 6.45) is 52.8. The summed E-state index contributed by atoms with van der Waals surface area (Å²) in [5.74, 6) is -0.239. The van der Waals surface area contributed by atoms with Crippen LogP contribution < -0.4 is 10.2 Å². The topological polar surface area (TPSA) is 108 Å². The Morgan fingerprint density at radius 2 is 1.05 bits per heavy atom. The zero-order valence-electron chi connectivity index (χ0n) is 38.2. The monoisotopic (exact) mass is 835 g/mol. The minimum atomic E-state index is -4.60. The number of amides is 1. The van der Waals surface area contributed by atoms with Gasteiger partial charge in [0.15, 0.2) is 0 Å². The smallest absolute Gasteiger partial charge is 0.268 e. The number of phosphoric acid groups is 1. The second-order valence-electron chi connectivity index (χ2n) is 17.1. The summed E-state index contributed by atoms with van der Waals surface area (Å²) in [6, 6.07) is -0.910. The number of quaternary nitrogens is 1. The number of hydrogen-bond acceptors (Lipinski definition) is 6. The van der Waals surface area contributed by atoms with Crippen molar-refractivity contribution in [1.82, 2.24) is 5.32 Å². The molecule has 0 spiro atoms. The van der Waals surface area contributed by atoms with Crippen LogP contribution in [0.15, 0.2) is 60.8 Å². The molecule has 0 saturated carbocycles. The summed E-state index contributed by atoms with van der Waals surface area (Å²) >= 11 is 0. The molecule has 2 N–H and O–H groups in total. The lowest BCUT2D eigenvalue weighted by molar-refractivity contribution is -0.870. The number of rotatable bonds is 42. The number of nitrogens with zero attached hydrogens (tertiary/aromatic N) is 1. The van der Waals surface area contributed by atoms with E-state index >= 15 is 0 Å². The van der Waals surface area contributed by atoms with Crippen LogP contribution in [0.3, 0.4) is 0 Å². The highest BCUT2D eigenvalue weighted by Gasteiger charge is 2.23. The molecule has 0 heterocycles. The Labute approximate surface area is 358 Å². The molecule has 1 amide bonds. The Morgan fingerprint density at radius 1 is 0.621 bits per heavy atom. The van der Waals surface area contributed by atoms with E-state index in [9.17, 15) is 19.4 Å². The van der Waals surface area contributed by atoms with E-state index in [1.54, 1.807) is 6.08 Å². The molecule has 8 nitrogen and oxygen atoms in total. The van der Waals surface area contributed by atoms with Crippen molar-refractivity contribution in [2.75, 3.05) is 40.9 Å². The summed E-state index contributed by atoms with van der Waals surface area (Å²) in [5, 5.41) is 13.8. The summed E-state index contributed by atoms with van der Waals surface area (Å²) < 4.78 is 23.2. The van der Waals surface area contributed by atoms with Crippen molar-refractivity contribution in [2.45, 2.75) is 206 Å². The van der Waals surface area contributed by atoms with E-state index in [2.05, 4.69) is 67.8 Å². The van der Waals surface area contributed by atoms with E-state index in [1.165, 1.54) is 109 Å². The third kappa shape index (κ3) is 42.3. The molecule has 0 saturated heterocycles. The molecular formula is C49H91N2O6P. The third-order valence-electron chi connectivity index (χ3n) is 10.2. The van der Waals surface area contributed by atoms with Crippen molar-refractivity contribution in [3.8, 4) is 0 Å². The van der Waals surface area contributed by atoms with Crippen LogP contribution in [0.2, 0.25) is 0 Å². The van der Waals surface area contributed by atoms with Crippen molar-refractivity contribution in [3.05, 3.63) is 60.8 Å². The van der Waals surface area contributed by atoms with Gasteiger partial charge in [-0.25, -0.2) is 0 Å². The average molecular weight is 835 g/mol. The van der Waals surface area contributed by atoms with Gasteiger partial charge >= 0.3 is 0 Å². The second kappa shape index (κ2) is 40.6. The summed E-state index contributed by atoms with van der Waals surface area (Å²) in [4.78, 5) is 25.3. The number of carbonyl (C=O) groups is 1. The zero-order chi connectivity index (χ0) is 42.8. The van der Waals surface area contributed by atoms with Crippen LogP contribution in [0.4, 0.5) is 0 Å². The quantitative estimate of drug-likeness (QED) is 0.0274. The lowest BCUT2D eigenvalue weighted by Crippen LogP contribution is -2.45. The van der Waals surface area contributed by atoms with E-state index in [1.807, 2.05) is 27.2 Å². The number of likely N-dealkylation sites (N-methyl/N-ethyl adjacent to an activating group) is 1. The Balaban J connectivity index is 4.42. The first kappa shape index (κ1) is 56.2. The number of carbonyl (C=O) groups excluding carboxylic acids is 1. The molecule has 0 fully saturated rings. The fraction of sp³-hybridized carbons (Fsp3) is 0.776. The largest absolute Gasteiger partial charge is 0.756 e. The highest BCUT2D eigenvalue weighted by Crippen LogP contribution is 2.38. The van der Waals surface area contributed by atoms with E-state index < -0.39 is 26.6 Å². The molecule has 0 aliphatic carbocycles. The molecule has 0 aromatic heterocycles. The maximum atomic E-state index is 12.8. The Hall–Kier alpha value is -1.80. The SMILES string of the molecule is CC/C=C\C/C=C\C/C=C\C/C=C\CCCCC(=O)NC(COP(=O)([O-])OCC[N+](C)(C)C)C(O)/C=C/CCCCCCCCCCCCCCCCCCCCC. The van der Waals surface area contributed by atoms with Crippen molar-refractivity contribution in [1.29, 1.82) is 0 Å². The van der Waals surface area contributed by atoms with Crippen LogP contribution in [0.25, 0.3) is 0 Å². The molecule has 0 aromatic carbocycles. The van der Waals surface area contributed by atoms with Gasteiger partial charge in [-0.05, 0) is 57.8 Å².